The van der Waals surface area contributed by atoms with Crippen LogP contribution in [0.5, 0.6) is 0 Å². The summed E-state index contributed by atoms with van der Waals surface area (Å²) < 4.78 is 26.9. The first-order valence-electron chi connectivity index (χ1n) is 11.0. The van der Waals surface area contributed by atoms with Crippen molar-refractivity contribution in [2.75, 3.05) is 13.1 Å². The molecule has 184 valence electrons. The topological polar surface area (TPSA) is 126 Å². The largest absolute Gasteiger partial charge is 0.344 e. The number of sulfonamides is 1. The molecule has 0 saturated carbocycles. The summed E-state index contributed by atoms with van der Waals surface area (Å²) in [5.41, 5.74) is 0.211. The van der Waals surface area contributed by atoms with Crippen LogP contribution in [0.15, 0.2) is 46.2 Å². The van der Waals surface area contributed by atoms with E-state index in [1.165, 1.54) is 23.6 Å². The molecule has 1 unspecified atom stereocenters. The maximum Gasteiger partial charge on any atom is 0.260 e. The molecule has 34 heavy (non-hydrogen) atoms. The fourth-order valence-corrected chi connectivity index (χ4v) is 5.73. The number of aromatic nitrogens is 1. The van der Waals surface area contributed by atoms with Gasteiger partial charge in [0.1, 0.15) is 6.04 Å². The van der Waals surface area contributed by atoms with Crippen molar-refractivity contribution in [1.29, 1.82) is 0 Å². The van der Waals surface area contributed by atoms with Crippen molar-refractivity contribution < 1.29 is 22.8 Å². The van der Waals surface area contributed by atoms with Gasteiger partial charge in [-0.2, -0.15) is 15.6 Å². The number of hydrogen-bond acceptors (Lipinski definition) is 7. The van der Waals surface area contributed by atoms with E-state index in [0.29, 0.717) is 24.8 Å². The number of ketones is 1. The zero-order valence-corrected chi connectivity index (χ0v) is 21.1. The second-order valence-corrected chi connectivity index (χ2v) is 12.1. The number of nitrogens with one attached hydrogen (secondary N) is 2. The molecule has 2 aromatic rings. The molecule has 1 saturated heterocycles. The van der Waals surface area contributed by atoms with Gasteiger partial charge in [0, 0.05) is 18.1 Å². The van der Waals surface area contributed by atoms with Gasteiger partial charge >= 0.3 is 0 Å². The highest BCUT2D eigenvalue weighted by Crippen LogP contribution is 2.22. The van der Waals surface area contributed by atoms with Gasteiger partial charge in [0.25, 0.3) is 15.9 Å². The lowest BCUT2D eigenvalue weighted by Gasteiger charge is -2.27. The Bertz CT molecular complexity index is 1110. The maximum atomic E-state index is 13.1. The number of carbonyl (C=O) groups is 3. The van der Waals surface area contributed by atoms with Gasteiger partial charge < -0.3 is 10.6 Å². The van der Waals surface area contributed by atoms with Crippen LogP contribution in [0, 0.1) is 5.41 Å². The molecule has 1 aliphatic heterocycles. The summed E-state index contributed by atoms with van der Waals surface area (Å²) in [4.78, 5) is 42.5. The Morgan fingerprint density at radius 2 is 2.03 bits per heavy atom. The highest BCUT2D eigenvalue weighted by molar-refractivity contribution is 7.89. The first kappa shape index (κ1) is 26.0. The van der Waals surface area contributed by atoms with E-state index in [0.717, 1.165) is 4.31 Å². The second kappa shape index (κ2) is 10.7. The molecule has 2 atom stereocenters. The lowest BCUT2D eigenvalue weighted by molar-refractivity contribution is -0.129. The molecule has 2 N–H and O–H groups in total. The second-order valence-electron chi connectivity index (χ2n) is 9.48. The van der Waals surface area contributed by atoms with Crippen LogP contribution in [0.1, 0.15) is 50.4 Å². The van der Waals surface area contributed by atoms with Gasteiger partial charge in [0.05, 0.1) is 18.2 Å². The Balaban J connectivity index is 1.70. The van der Waals surface area contributed by atoms with Crippen molar-refractivity contribution in [1.82, 2.24) is 19.9 Å². The van der Waals surface area contributed by atoms with Crippen molar-refractivity contribution >= 4 is 39.0 Å². The van der Waals surface area contributed by atoms with E-state index in [9.17, 15) is 22.8 Å². The van der Waals surface area contributed by atoms with Crippen molar-refractivity contribution in [2.45, 2.75) is 57.1 Å². The summed E-state index contributed by atoms with van der Waals surface area (Å²) in [6, 6.07) is 4.58. The first-order valence-corrected chi connectivity index (χ1v) is 13.4. The first-order chi connectivity index (χ1) is 16.0. The van der Waals surface area contributed by atoms with Gasteiger partial charge in [-0.3, -0.25) is 14.4 Å². The normalized spacial score (nSPS) is 18.7. The van der Waals surface area contributed by atoms with Crippen LogP contribution >= 0.6 is 11.3 Å². The predicted molar refractivity (Wildman–Crippen MR) is 129 cm³/mol. The van der Waals surface area contributed by atoms with Crippen LogP contribution in [0.3, 0.4) is 0 Å². The standard InChI is InChI=1S/C23H30N4O5S2/c1-23(2,3)13-18(26-21(29)16-9-12-33-15-16)22(30)25-17-7-6-11-27(14-19(17)28)34(31,32)20-8-4-5-10-24-20/h4-5,8-10,12,15,17-18H,6-7,11,13-14H2,1-3H3,(H,25,30)(H,26,29)/t17?,18-/m0/s1. The zero-order valence-electron chi connectivity index (χ0n) is 19.5. The average Bonchev–Trinajstić information content (AvgIpc) is 3.25. The Morgan fingerprint density at radius 1 is 1.26 bits per heavy atom. The molecule has 3 rings (SSSR count). The number of thiophene rings is 1. The van der Waals surface area contributed by atoms with E-state index in [1.54, 1.807) is 29.0 Å². The van der Waals surface area contributed by atoms with E-state index >= 15 is 0 Å². The van der Waals surface area contributed by atoms with Gasteiger partial charge in [-0.1, -0.05) is 26.8 Å². The summed E-state index contributed by atoms with van der Waals surface area (Å²) in [7, 11) is -3.92. The maximum absolute atomic E-state index is 13.1. The fraction of sp³-hybridized carbons (Fsp3) is 0.478. The molecule has 1 aliphatic rings. The minimum Gasteiger partial charge on any atom is -0.344 e. The van der Waals surface area contributed by atoms with E-state index in [4.69, 9.17) is 0 Å². The van der Waals surface area contributed by atoms with Crippen LogP contribution in [0.25, 0.3) is 0 Å². The van der Waals surface area contributed by atoms with Crippen LogP contribution in [-0.2, 0) is 19.6 Å². The molecular weight excluding hydrogens is 476 g/mol. The summed E-state index contributed by atoms with van der Waals surface area (Å²) in [5, 5.41) is 8.90. The monoisotopic (exact) mass is 506 g/mol. The number of rotatable bonds is 7. The Morgan fingerprint density at radius 3 is 2.65 bits per heavy atom. The smallest absolute Gasteiger partial charge is 0.260 e. The predicted octanol–water partition coefficient (Wildman–Crippen LogP) is 2.22. The van der Waals surface area contributed by atoms with Gasteiger partial charge in [-0.05, 0) is 48.3 Å². The van der Waals surface area contributed by atoms with Crippen LogP contribution in [0.2, 0.25) is 0 Å². The Labute approximate surface area is 204 Å². The third kappa shape index (κ3) is 6.71. The molecule has 9 nitrogen and oxygen atoms in total. The number of hydrogen-bond donors (Lipinski definition) is 2. The van der Waals surface area contributed by atoms with Crippen molar-refractivity contribution in [2.24, 2.45) is 5.41 Å². The number of amides is 2. The van der Waals surface area contributed by atoms with Crippen LogP contribution in [-0.4, -0.2) is 60.5 Å². The molecule has 3 heterocycles. The fourth-order valence-electron chi connectivity index (χ4n) is 3.71. The van der Waals surface area contributed by atoms with Gasteiger partial charge in [-0.15, -0.1) is 0 Å². The van der Waals surface area contributed by atoms with Crippen molar-refractivity contribution in [3.8, 4) is 0 Å². The average molecular weight is 507 g/mol. The lowest BCUT2D eigenvalue weighted by atomic mass is 9.87. The van der Waals surface area contributed by atoms with Crippen LogP contribution in [0.4, 0.5) is 0 Å². The van der Waals surface area contributed by atoms with Gasteiger partial charge in [0.2, 0.25) is 5.91 Å². The number of carbonyl (C=O) groups excluding carboxylic acids is 3. The molecule has 2 amide bonds. The van der Waals surface area contributed by atoms with E-state index in [2.05, 4.69) is 15.6 Å². The quantitative estimate of drug-likeness (QED) is 0.593. The van der Waals surface area contributed by atoms with Crippen molar-refractivity contribution in [3.63, 3.8) is 0 Å². The molecule has 2 aromatic heterocycles. The molecule has 1 fully saturated rings. The van der Waals surface area contributed by atoms with Crippen molar-refractivity contribution in [3.05, 3.63) is 46.8 Å². The zero-order chi connectivity index (χ0) is 24.9. The van der Waals surface area contributed by atoms with E-state index < -0.39 is 33.8 Å². The minimum atomic E-state index is -3.92. The van der Waals surface area contributed by atoms with Gasteiger partial charge in [-0.25, -0.2) is 13.4 Å². The Hall–Kier alpha value is -2.63. The van der Waals surface area contributed by atoms with E-state index in [1.807, 2.05) is 20.8 Å². The van der Waals surface area contributed by atoms with E-state index in [-0.39, 0.29) is 29.4 Å². The molecule has 0 aromatic carbocycles. The molecule has 0 aliphatic carbocycles. The Kier molecular flexibility index (Phi) is 8.21. The third-order valence-electron chi connectivity index (χ3n) is 5.40. The summed E-state index contributed by atoms with van der Waals surface area (Å²) >= 11 is 1.38. The van der Waals surface area contributed by atoms with Crippen LogP contribution < -0.4 is 10.6 Å². The summed E-state index contributed by atoms with van der Waals surface area (Å²) in [5.74, 6) is -1.22. The summed E-state index contributed by atoms with van der Waals surface area (Å²) in [6.45, 7) is 5.68. The highest BCUT2D eigenvalue weighted by atomic mass is 32.2. The number of Topliss-reactive ketones (excluding diaryl/α,β-unsaturated/α-hetero) is 1. The lowest BCUT2D eigenvalue weighted by Crippen LogP contribution is -2.53. The van der Waals surface area contributed by atoms with Gasteiger partial charge in [0.15, 0.2) is 10.8 Å². The molecule has 0 spiro atoms. The molecular formula is C23H30N4O5S2. The third-order valence-corrected chi connectivity index (χ3v) is 7.85. The SMILES string of the molecule is CC(C)(C)C[C@H](NC(=O)c1ccsc1)C(=O)NC1CCCN(S(=O)(=O)c2ccccn2)CC1=O. The number of pyridine rings is 1. The number of nitrogens with zero attached hydrogens (tertiary/aromatic N) is 2. The molecule has 0 radical (unpaired) electrons. The minimum absolute atomic E-state index is 0.119. The highest BCUT2D eigenvalue weighted by Gasteiger charge is 2.35. The molecule has 11 heteroatoms. The molecule has 0 bridgehead atoms. The summed E-state index contributed by atoms with van der Waals surface area (Å²) in [6.07, 6.45) is 2.46.